The molecule has 4 N–H and O–H groups in total. The fourth-order valence-electron chi connectivity index (χ4n) is 2.99. The van der Waals surface area contributed by atoms with E-state index in [2.05, 4.69) is 33.7 Å². The Morgan fingerprint density at radius 2 is 1.87 bits per heavy atom. The van der Waals surface area contributed by atoms with E-state index >= 15 is 0 Å². The number of anilines is 2. The Kier molecular flexibility index (Phi) is 5.39. The number of nitrogens with zero attached hydrogens (tertiary/aromatic N) is 1. The van der Waals surface area contributed by atoms with Crippen LogP contribution in [-0.4, -0.2) is 26.2 Å². The number of rotatable bonds is 5. The zero-order valence-corrected chi connectivity index (χ0v) is 13.9. The van der Waals surface area contributed by atoms with Crippen molar-refractivity contribution >= 4 is 23.0 Å². The molecule has 0 spiro atoms. The minimum Gasteiger partial charge on any atom is -0.381 e. The van der Waals surface area contributed by atoms with E-state index in [0.29, 0.717) is 13.1 Å². The molecule has 1 saturated heterocycles. The molecule has 4 nitrogen and oxygen atoms in total. The highest BCUT2D eigenvalue weighted by molar-refractivity contribution is 6.31. The van der Waals surface area contributed by atoms with Gasteiger partial charge in [0.15, 0.2) is 0 Å². The Morgan fingerprint density at radius 3 is 2.61 bits per heavy atom. The van der Waals surface area contributed by atoms with Crippen LogP contribution in [-0.2, 0) is 13.1 Å². The lowest BCUT2D eigenvalue weighted by atomic mass is 10.1. The quantitative estimate of drug-likeness (QED) is 0.789. The van der Waals surface area contributed by atoms with Crippen LogP contribution in [0.1, 0.15) is 11.1 Å². The second-order valence-electron chi connectivity index (χ2n) is 5.69. The number of nitrogens with two attached hydrogens (primary N) is 1. The van der Waals surface area contributed by atoms with Gasteiger partial charge >= 0.3 is 0 Å². The van der Waals surface area contributed by atoms with Crippen molar-refractivity contribution in [1.29, 1.82) is 0 Å². The molecule has 3 rings (SSSR count). The summed E-state index contributed by atoms with van der Waals surface area (Å²) in [5.41, 5.74) is 10.6. The summed E-state index contributed by atoms with van der Waals surface area (Å²) < 4.78 is 0. The van der Waals surface area contributed by atoms with Crippen LogP contribution in [0, 0.1) is 0 Å². The average Bonchev–Trinajstić information content (AvgIpc) is 2.61. The van der Waals surface area contributed by atoms with Crippen LogP contribution in [0.4, 0.5) is 11.4 Å². The number of nitrogens with one attached hydrogen (secondary N) is 2. The van der Waals surface area contributed by atoms with Crippen molar-refractivity contribution < 1.29 is 0 Å². The molecule has 0 bridgehead atoms. The van der Waals surface area contributed by atoms with Crippen molar-refractivity contribution in [1.82, 2.24) is 5.32 Å². The maximum absolute atomic E-state index is 6.24. The van der Waals surface area contributed by atoms with Crippen molar-refractivity contribution in [2.75, 3.05) is 36.4 Å². The summed E-state index contributed by atoms with van der Waals surface area (Å²) in [5.74, 6) is 0. The molecule has 23 heavy (non-hydrogen) atoms. The highest BCUT2D eigenvalue weighted by Gasteiger charge is 2.15. The number of halogens is 1. The maximum atomic E-state index is 6.24. The van der Waals surface area contributed by atoms with Gasteiger partial charge in [0.05, 0.1) is 0 Å². The van der Waals surface area contributed by atoms with Gasteiger partial charge in [-0.1, -0.05) is 35.9 Å². The predicted molar refractivity (Wildman–Crippen MR) is 98.2 cm³/mol. The van der Waals surface area contributed by atoms with Crippen molar-refractivity contribution in [2.45, 2.75) is 13.1 Å². The summed E-state index contributed by atoms with van der Waals surface area (Å²) >= 11 is 6.24. The van der Waals surface area contributed by atoms with Crippen LogP contribution in [0.5, 0.6) is 0 Å². The van der Waals surface area contributed by atoms with E-state index in [-0.39, 0.29) is 0 Å². The maximum Gasteiger partial charge on any atom is 0.0455 e. The Hall–Kier alpha value is -1.75. The van der Waals surface area contributed by atoms with E-state index in [0.717, 1.165) is 42.5 Å². The van der Waals surface area contributed by atoms with E-state index in [1.54, 1.807) is 0 Å². The first-order valence-electron chi connectivity index (χ1n) is 8.04. The van der Waals surface area contributed by atoms with E-state index in [9.17, 15) is 0 Å². The van der Waals surface area contributed by atoms with Gasteiger partial charge < -0.3 is 21.3 Å². The lowest BCUT2D eigenvalue weighted by Crippen LogP contribution is -2.44. The summed E-state index contributed by atoms with van der Waals surface area (Å²) in [6.45, 7) is 5.27. The van der Waals surface area contributed by atoms with E-state index in [1.165, 1.54) is 11.3 Å². The molecule has 122 valence electrons. The molecule has 2 aromatic carbocycles. The monoisotopic (exact) mass is 330 g/mol. The summed E-state index contributed by atoms with van der Waals surface area (Å²) in [4.78, 5) is 2.40. The van der Waals surface area contributed by atoms with Gasteiger partial charge in [0.25, 0.3) is 0 Å². The van der Waals surface area contributed by atoms with Gasteiger partial charge in [-0.25, -0.2) is 0 Å². The standard InChI is InChI=1S/C18H23ClN4/c19-16-5-2-1-4-14(16)13-22-17-6-3-7-18(15(17)12-20)23-10-8-21-9-11-23/h1-7,21-22H,8-13,20H2. The first kappa shape index (κ1) is 16.1. The van der Waals surface area contributed by atoms with Crippen LogP contribution in [0.15, 0.2) is 42.5 Å². The summed E-state index contributed by atoms with van der Waals surface area (Å²) in [6.07, 6.45) is 0. The van der Waals surface area contributed by atoms with Crippen molar-refractivity contribution in [2.24, 2.45) is 5.73 Å². The summed E-state index contributed by atoms with van der Waals surface area (Å²) in [5, 5.41) is 7.67. The Bertz CT molecular complexity index is 653. The SMILES string of the molecule is NCc1c(NCc2ccccc2Cl)cccc1N1CCNCC1. The molecule has 1 aliphatic heterocycles. The van der Waals surface area contributed by atoms with Crippen LogP contribution < -0.4 is 21.3 Å². The Morgan fingerprint density at radius 1 is 1.09 bits per heavy atom. The normalized spacial score (nSPS) is 14.8. The molecule has 1 fully saturated rings. The Balaban J connectivity index is 1.80. The third-order valence-corrected chi connectivity index (χ3v) is 4.61. The molecule has 0 amide bonds. The zero-order chi connectivity index (χ0) is 16.1. The lowest BCUT2D eigenvalue weighted by Gasteiger charge is -2.32. The third kappa shape index (κ3) is 3.78. The molecule has 0 atom stereocenters. The van der Waals surface area contributed by atoms with Crippen LogP contribution >= 0.6 is 11.6 Å². The van der Waals surface area contributed by atoms with Crippen LogP contribution in [0.2, 0.25) is 5.02 Å². The topological polar surface area (TPSA) is 53.3 Å². The number of benzene rings is 2. The van der Waals surface area contributed by atoms with Gasteiger partial charge in [-0.3, -0.25) is 0 Å². The molecule has 1 heterocycles. The van der Waals surface area contributed by atoms with Crippen LogP contribution in [0.25, 0.3) is 0 Å². The van der Waals surface area contributed by atoms with Gasteiger partial charge in [-0.15, -0.1) is 0 Å². The molecular formula is C18H23ClN4. The van der Waals surface area contributed by atoms with Gasteiger partial charge in [0.1, 0.15) is 0 Å². The minimum absolute atomic E-state index is 0.519. The lowest BCUT2D eigenvalue weighted by molar-refractivity contribution is 0.588. The van der Waals surface area contributed by atoms with Gasteiger partial charge in [-0.2, -0.15) is 0 Å². The van der Waals surface area contributed by atoms with Crippen molar-refractivity contribution in [3.8, 4) is 0 Å². The molecule has 0 aliphatic carbocycles. The van der Waals surface area contributed by atoms with Crippen LogP contribution in [0.3, 0.4) is 0 Å². The van der Waals surface area contributed by atoms with Gasteiger partial charge in [-0.05, 0) is 23.8 Å². The fraction of sp³-hybridized carbons (Fsp3) is 0.333. The molecule has 0 aromatic heterocycles. The second kappa shape index (κ2) is 7.68. The predicted octanol–water partition coefficient (Wildman–Crippen LogP) is 2.82. The van der Waals surface area contributed by atoms with Gasteiger partial charge in [0.2, 0.25) is 0 Å². The highest BCUT2D eigenvalue weighted by atomic mass is 35.5. The first-order chi connectivity index (χ1) is 11.3. The van der Waals surface area contributed by atoms with Gasteiger partial charge in [0, 0.05) is 61.2 Å². The molecular weight excluding hydrogens is 308 g/mol. The van der Waals surface area contributed by atoms with E-state index < -0.39 is 0 Å². The minimum atomic E-state index is 0.519. The summed E-state index contributed by atoms with van der Waals surface area (Å²) in [6, 6.07) is 14.2. The number of hydrogen-bond acceptors (Lipinski definition) is 4. The molecule has 1 aliphatic rings. The zero-order valence-electron chi connectivity index (χ0n) is 13.2. The van der Waals surface area contributed by atoms with Crippen molar-refractivity contribution in [3.63, 3.8) is 0 Å². The molecule has 0 saturated carbocycles. The average molecular weight is 331 g/mol. The van der Waals surface area contributed by atoms with E-state index in [1.807, 2.05) is 24.3 Å². The molecule has 0 radical (unpaired) electrons. The Labute approximate surface area is 142 Å². The number of hydrogen-bond donors (Lipinski definition) is 3. The second-order valence-corrected chi connectivity index (χ2v) is 6.10. The molecule has 0 unspecified atom stereocenters. The highest BCUT2D eigenvalue weighted by Crippen LogP contribution is 2.28. The summed E-state index contributed by atoms with van der Waals surface area (Å²) in [7, 11) is 0. The molecule has 5 heteroatoms. The molecule has 2 aromatic rings. The third-order valence-electron chi connectivity index (χ3n) is 4.24. The first-order valence-corrected chi connectivity index (χ1v) is 8.42. The fourth-order valence-corrected chi connectivity index (χ4v) is 3.19. The van der Waals surface area contributed by atoms with Crippen molar-refractivity contribution in [3.05, 3.63) is 58.6 Å². The van der Waals surface area contributed by atoms with E-state index in [4.69, 9.17) is 17.3 Å². The number of piperazine rings is 1. The smallest absolute Gasteiger partial charge is 0.0455 e. The largest absolute Gasteiger partial charge is 0.381 e.